The third kappa shape index (κ3) is 62.9. The average Bonchev–Trinajstić information content (AvgIpc) is 3.40. The Balaban J connectivity index is 3.33. The van der Waals surface area contributed by atoms with Crippen molar-refractivity contribution >= 4 is 11.9 Å². The number of hydrogen-bond donors (Lipinski definition) is 1. The topological polar surface area (TPSA) is 72.8 Å². The van der Waals surface area contributed by atoms with Gasteiger partial charge in [-0.05, 0) is 44.9 Å². The number of aliphatic hydroxyl groups is 1. The first-order chi connectivity index (χ1) is 36.6. The van der Waals surface area contributed by atoms with Crippen molar-refractivity contribution < 1.29 is 24.2 Å². The molecule has 1 unspecified atom stereocenters. The lowest BCUT2D eigenvalue weighted by Crippen LogP contribution is -2.28. The molecule has 0 saturated heterocycles. The highest BCUT2D eigenvalue weighted by Gasteiger charge is 2.16. The van der Waals surface area contributed by atoms with Gasteiger partial charge in [-0.2, -0.15) is 0 Å². The van der Waals surface area contributed by atoms with E-state index in [2.05, 4.69) is 38.2 Å². The molecule has 0 aliphatic carbocycles. The molecule has 74 heavy (non-hydrogen) atoms. The minimum absolute atomic E-state index is 0.0618. The molecule has 5 heteroatoms. The highest BCUT2D eigenvalue weighted by Crippen LogP contribution is 2.19. The normalized spacial score (nSPS) is 12.2. The number of carbonyl (C=O) groups excluding carboxylic acids is 2. The lowest BCUT2D eigenvalue weighted by atomic mass is 10.0. The summed E-state index contributed by atoms with van der Waals surface area (Å²) in [5.74, 6) is -0.575. The second kappa shape index (κ2) is 65.7. The van der Waals surface area contributed by atoms with Crippen LogP contribution in [0.2, 0.25) is 0 Å². The molecule has 0 aromatic rings. The summed E-state index contributed by atoms with van der Waals surface area (Å²) in [4.78, 5) is 24.6. The maximum Gasteiger partial charge on any atom is 0.306 e. The van der Waals surface area contributed by atoms with Crippen LogP contribution in [0.25, 0.3) is 0 Å². The Morgan fingerprint density at radius 3 is 0.824 bits per heavy atom. The highest BCUT2D eigenvalue weighted by molar-refractivity contribution is 5.70. The molecule has 0 aromatic heterocycles. The molecule has 0 radical (unpaired) electrons. The zero-order valence-corrected chi connectivity index (χ0v) is 50.4. The molecule has 5 nitrogen and oxygen atoms in total. The van der Waals surface area contributed by atoms with E-state index in [1.165, 1.54) is 321 Å². The van der Waals surface area contributed by atoms with Crippen LogP contribution in [0, 0.1) is 0 Å². The molecule has 0 amide bonds. The van der Waals surface area contributed by atoms with E-state index in [9.17, 15) is 14.7 Å². The van der Waals surface area contributed by atoms with Crippen LogP contribution in [-0.4, -0.2) is 36.4 Å². The fourth-order valence-corrected chi connectivity index (χ4v) is 10.7. The van der Waals surface area contributed by atoms with Crippen LogP contribution >= 0.6 is 0 Å². The van der Waals surface area contributed by atoms with Gasteiger partial charge in [0, 0.05) is 12.8 Å². The third-order valence-electron chi connectivity index (χ3n) is 15.7. The number of esters is 2. The van der Waals surface area contributed by atoms with Gasteiger partial charge in [-0.15, -0.1) is 0 Å². The highest BCUT2D eigenvalue weighted by atomic mass is 16.6. The molecule has 0 spiro atoms. The van der Waals surface area contributed by atoms with E-state index in [-0.39, 0.29) is 25.2 Å². The van der Waals surface area contributed by atoms with E-state index in [4.69, 9.17) is 9.47 Å². The van der Waals surface area contributed by atoms with Crippen molar-refractivity contribution in [3.05, 3.63) is 24.3 Å². The van der Waals surface area contributed by atoms with Crippen molar-refractivity contribution in [3.8, 4) is 0 Å². The van der Waals surface area contributed by atoms with E-state index < -0.39 is 6.10 Å². The summed E-state index contributed by atoms with van der Waals surface area (Å²) in [6.07, 6.45) is 85.1. The van der Waals surface area contributed by atoms with Gasteiger partial charge in [-0.1, -0.05) is 353 Å². The summed E-state index contributed by atoms with van der Waals surface area (Å²) in [7, 11) is 0. The van der Waals surface area contributed by atoms with Crippen molar-refractivity contribution in [1.82, 2.24) is 0 Å². The van der Waals surface area contributed by atoms with Crippen LogP contribution in [0.1, 0.15) is 386 Å². The standard InChI is InChI=1S/C69H132O5/c1-3-5-7-9-11-13-15-17-19-21-23-24-25-26-27-28-29-30-31-32-33-34-35-36-37-38-39-40-41-42-43-44-46-47-49-51-53-55-57-59-61-63-68(71)73-66-67(65-70)74-69(72)64-62-60-58-56-54-52-50-48-45-22-20-18-16-14-12-10-8-6-4-2/h12,14,18,20,67,70H,3-11,13,15-17,19,21-66H2,1-2H3/b14-12-,20-18-. The number of unbranched alkanes of at least 4 members (excludes halogenated alkanes) is 52. The van der Waals surface area contributed by atoms with Crippen molar-refractivity contribution in [2.45, 2.75) is 392 Å². The number of allylic oxidation sites excluding steroid dienone is 4. The Kier molecular flexibility index (Phi) is 64.2. The SMILES string of the molecule is CCCCC/C=C\C/C=C\CCCCCCCCCCCC(=O)OC(CO)COC(=O)CCCCCCCCCCCCCCCCCCCCCCCCCCCCCCCCCCCCCCCCCCC. The summed E-state index contributed by atoms with van der Waals surface area (Å²) < 4.78 is 10.7. The smallest absolute Gasteiger partial charge is 0.306 e. The lowest BCUT2D eigenvalue weighted by molar-refractivity contribution is -0.161. The fraction of sp³-hybridized carbons (Fsp3) is 0.913. The van der Waals surface area contributed by atoms with Crippen LogP contribution in [-0.2, 0) is 19.1 Å². The van der Waals surface area contributed by atoms with E-state index in [1.807, 2.05) is 0 Å². The number of ether oxygens (including phenoxy) is 2. The minimum atomic E-state index is -0.772. The van der Waals surface area contributed by atoms with E-state index in [0.29, 0.717) is 12.8 Å². The van der Waals surface area contributed by atoms with Gasteiger partial charge in [0.15, 0.2) is 6.10 Å². The fourth-order valence-electron chi connectivity index (χ4n) is 10.7. The van der Waals surface area contributed by atoms with Gasteiger partial charge >= 0.3 is 11.9 Å². The summed E-state index contributed by atoms with van der Waals surface area (Å²) in [6, 6.07) is 0. The maximum atomic E-state index is 12.3. The van der Waals surface area contributed by atoms with Gasteiger partial charge < -0.3 is 14.6 Å². The van der Waals surface area contributed by atoms with Crippen LogP contribution in [0.4, 0.5) is 0 Å². The molecular formula is C69H132O5. The van der Waals surface area contributed by atoms with Crippen molar-refractivity contribution in [1.29, 1.82) is 0 Å². The van der Waals surface area contributed by atoms with Crippen LogP contribution in [0.3, 0.4) is 0 Å². The van der Waals surface area contributed by atoms with Crippen molar-refractivity contribution in [3.63, 3.8) is 0 Å². The predicted molar refractivity (Wildman–Crippen MR) is 325 cm³/mol. The van der Waals surface area contributed by atoms with Gasteiger partial charge in [0.2, 0.25) is 0 Å². The Hall–Kier alpha value is -1.62. The number of rotatable bonds is 64. The summed E-state index contributed by atoms with van der Waals surface area (Å²) >= 11 is 0. The number of carbonyl (C=O) groups is 2. The van der Waals surface area contributed by atoms with Gasteiger partial charge in [0.05, 0.1) is 6.61 Å². The molecule has 0 saturated carbocycles. The quantitative estimate of drug-likeness (QED) is 0.0373. The van der Waals surface area contributed by atoms with E-state index >= 15 is 0 Å². The first-order valence-corrected chi connectivity index (χ1v) is 33.9. The van der Waals surface area contributed by atoms with Crippen LogP contribution in [0.15, 0.2) is 24.3 Å². The number of aliphatic hydroxyl groups excluding tert-OH is 1. The molecule has 1 N–H and O–H groups in total. The maximum absolute atomic E-state index is 12.3. The largest absolute Gasteiger partial charge is 0.462 e. The Morgan fingerprint density at radius 1 is 0.311 bits per heavy atom. The Bertz CT molecular complexity index is 1130. The zero-order valence-electron chi connectivity index (χ0n) is 50.4. The Labute approximate surface area is 464 Å². The van der Waals surface area contributed by atoms with Crippen LogP contribution < -0.4 is 0 Å². The van der Waals surface area contributed by atoms with Gasteiger partial charge in [0.25, 0.3) is 0 Å². The van der Waals surface area contributed by atoms with Gasteiger partial charge in [-0.3, -0.25) is 9.59 Å². The molecule has 0 aromatic carbocycles. The predicted octanol–water partition coefficient (Wildman–Crippen LogP) is 23.2. The molecule has 0 heterocycles. The van der Waals surface area contributed by atoms with Crippen molar-refractivity contribution in [2.75, 3.05) is 13.2 Å². The summed E-state index contributed by atoms with van der Waals surface area (Å²) in [5, 5.41) is 9.67. The second-order valence-corrected chi connectivity index (χ2v) is 23.3. The molecule has 0 fully saturated rings. The molecule has 0 bridgehead atoms. The molecule has 0 aliphatic heterocycles. The molecule has 0 aliphatic rings. The molecular weight excluding hydrogens is 909 g/mol. The van der Waals surface area contributed by atoms with Gasteiger partial charge in [-0.25, -0.2) is 0 Å². The average molecular weight is 1040 g/mol. The third-order valence-corrected chi connectivity index (χ3v) is 15.7. The van der Waals surface area contributed by atoms with Crippen molar-refractivity contribution in [2.24, 2.45) is 0 Å². The van der Waals surface area contributed by atoms with Gasteiger partial charge in [0.1, 0.15) is 6.61 Å². The minimum Gasteiger partial charge on any atom is -0.462 e. The van der Waals surface area contributed by atoms with E-state index in [1.54, 1.807) is 0 Å². The van der Waals surface area contributed by atoms with E-state index in [0.717, 1.165) is 38.5 Å². The second-order valence-electron chi connectivity index (χ2n) is 23.3. The lowest BCUT2D eigenvalue weighted by Gasteiger charge is -2.15. The number of hydrogen-bond acceptors (Lipinski definition) is 5. The monoisotopic (exact) mass is 1040 g/mol. The first kappa shape index (κ1) is 72.4. The summed E-state index contributed by atoms with van der Waals surface area (Å²) in [6.45, 7) is 4.17. The Morgan fingerprint density at radius 2 is 0.541 bits per heavy atom. The molecule has 0 rings (SSSR count). The zero-order chi connectivity index (χ0) is 53.4. The molecule has 438 valence electrons. The first-order valence-electron chi connectivity index (χ1n) is 33.9. The molecule has 1 atom stereocenters. The summed E-state index contributed by atoms with van der Waals surface area (Å²) in [5.41, 5.74) is 0. The van der Waals surface area contributed by atoms with Crippen LogP contribution in [0.5, 0.6) is 0 Å².